The Morgan fingerprint density at radius 3 is 2.16 bits per heavy atom. The zero-order chi connectivity index (χ0) is 31.6. The van der Waals surface area contributed by atoms with Gasteiger partial charge < -0.3 is 10.1 Å². The van der Waals surface area contributed by atoms with Crippen LogP contribution in [-0.4, -0.2) is 38.1 Å². The summed E-state index contributed by atoms with van der Waals surface area (Å²) in [5.74, 6) is -2.83. The highest BCUT2D eigenvalue weighted by atomic mass is 35.5. The molecule has 1 atom stereocenters. The molecule has 2 N–H and O–H groups in total. The van der Waals surface area contributed by atoms with E-state index in [0.29, 0.717) is 0 Å². The van der Waals surface area contributed by atoms with Crippen LogP contribution in [0, 0.1) is 6.92 Å². The van der Waals surface area contributed by atoms with Crippen LogP contribution in [0.15, 0.2) is 101 Å². The number of halogens is 3. The van der Waals surface area contributed by atoms with E-state index >= 15 is 0 Å². The third kappa shape index (κ3) is 6.71. The van der Waals surface area contributed by atoms with Crippen molar-refractivity contribution in [1.29, 1.82) is 0 Å². The average Bonchev–Trinajstić information content (AvgIpc) is 3.26. The Morgan fingerprint density at radius 1 is 0.864 bits per heavy atom. The molecule has 0 bridgehead atoms. The van der Waals surface area contributed by atoms with Gasteiger partial charge in [0, 0.05) is 16.3 Å². The van der Waals surface area contributed by atoms with Crippen LogP contribution in [0.1, 0.15) is 26.3 Å². The second-order valence-electron chi connectivity index (χ2n) is 9.46. The van der Waals surface area contributed by atoms with Crippen molar-refractivity contribution in [1.82, 2.24) is 5.32 Å². The minimum atomic E-state index is -3.95. The predicted octanol–water partition coefficient (Wildman–Crippen LogP) is 6.07. The molecule has 44 heavy (non-hydrogen) atoms. The molecule has 14 heteroatoms. The van der Waals surface area contributed by atoms with Gasteiger partial charge in [-0.2, -0.15) is 5.01 Å². The van der Waals surface area contributed by atoms with Crippen molar-refractivity contribution < 1.29 is 27.5 Å². The molecule has 0 spiro atoms. The normalized spacial score (nSPS) is 14.6. The molecule has 224 valence electrons. The summed E-state index contributed by atoms with van der Waals surface area (Å²) in [6.07, 6.45) is -1.68. The van der Waals surface area contributed by atoms with Gasteiger partial charge in [-0.15, -0.1) is 5.10 Å². The van der Waals surface area contributed by atoms with E-state index in [1.165, 1.54) is 60.7 Å². The van der Waals surface area contributed by atoms with Crippen LogP contribution < -0.4 is 15.0 Å². The average molecular weight is 672 g/mol. The molecule has 0 aliphatic carbocycles. The second kappa shape index (κ2) is 12.7. The maximum absolute atomic E-state index is 13.5. The Kier molecular flexibility index (Phi) is 8.93. The number of hydrogen-bond donors (Lipinski definition) is 2. The van der Waals surface area contributed by atoms with Crippen molar-refractivity contribution in [3.05, 3.63) is 123 Å². The maximum Gasteiger partial charge on any atom is 0.339 e. The number of nitrogens with zero attached hydrogens (tertiary/aromatic N) is 2. The lowest BCUT2D eigenvalue weighted by Gasteiger charge is -2.17. The largest absolute Gasteiger partial charge is 0.440 e. The third-order valence-corrected chi connectivity index (χ3v) is 8.46. The fourth-order valence-electron chi connectivity index (χ4n) is 4.12. The smallest absolute Gasteiger partial charge is 0.339 e. The van der Waals surface area contributed by atoms with E-state index in [4.69, 9.17) is 39.5 Å². The van der Waals surface area contributed by atoms with E-state index in [1.54, 1.807) is 30.3 Å². The first-order valence-corrected chi connectivity index (χ1v) is 15.4. The highest BCUT2D eigenvalue weighted by Crippen LogP contribution is 2.38. The molecule has 0 saturated heterocycles. The Labute approximate surface area is 267 Å². The lowest BCUT2D eigenvalue weighted by atomic mass is 10.2. The SMILES string of the molecule is Cc1ccc(S(=O)(=O)Nc2cccc(C(=O)NC3=NN(c4c(Cl)cc(Cl)cc4Cl)C(=O)C3OC(=O)c3ccccc3)c2)cc1. The quantitative estimate of drug-likeness (QED) is 0.229. The number of nitrogens with one attached hydrogen (secondary N) is 2. The van der Waals surface area contributed by atoms with Crippen molar-refractivity contribution in [2.45, 2.75) is 17.9 Å². The Hall–Kier alpha value is -4.42. The Bertz CT molecular complexity index is 1900. The van der Waals surface area contributed by atoms with Gasteiger partial charge in [-0.3, -0.25) is 14.3 Å². The van der Waals surface area contributed by atoms with Gasteiger partial charge in [0.15, 0.2) is 5.84 Å². The maximum atomic E-state index is 13.5. The number of hydrazone groups is 1. The highest BCUT2D eigenvalue weighted by Gasteiger charge is 2.42. The predicted molar refractivity (Wildman–Crippen MR) is 168 cm³/mol. The fourth-order valence-corrected chi connectivity index (χ4v) is 6.15. The molecular formula is C30H21Cl3N4O6S. The number of benzene rings is 4. The van der Waals surface area contributed by atoms with Crippen LogP contribution in [0.25, 0.3) is 0 Å². The molecule has 1 unspecified atom stereocenters. The van der Waals surface area contributed by atoms with Gasteiger partial charge in [0.1, 0.15) is 5.69 Å². The van der Waals surface area contributed by atoms with E-state index in [9.17, 15) is 22.8 Å². The summed E-state index contributed by atoms with van der Waals surface area (Å²) < 4.78 is 33.7. The molecule has 1 heterocycles. The minimum Gasteiger partial charge on any atom is -0.440 e. The summed E-state index contributed by atoms with van der Waals surface area (Å²) in [6, 6.07) is 22.5. The van der Waals surface area contributed by atoms with E-state index in [1.807, 2.05) is 6.92 Å². The molecule has 0 fully saturated rings. The van der Waals surface area contributed by atoms with Crippen LogP contribution in [-0.2, 0) is 19.6 Å². The zero-order valence-corrected chi connectivity index (χ0v) is 25.7. The first-order valence-electron chi connectivity index (χ1n) is 12.8. The van der Waals surface area contributed by atoms with E-state index in [2.05, 4.69) is 15.1 Å². The molecular weight excluding hydrogens is 651 g/mol. The van der Waals surface area contributed by atoms with Gasteiger partial charge in [-0.1, -0.05) is 76.8 Å². The van der Waals surface area contributed by atoms with Gasteiger partial charge in [-0.05, 0) is 61.5 Å². The minimum absolute atomic E-state index is 0.0124. The molecule has 1 aliphatic rings. The van der Waals surface area contributed by atoms with Crippen molar-refractivity contribution in [2.24, 2.45) is 5.10 Å². The Morgan fingerprint density at radius 2 is 1.50 bits per heavy atom. The molecule has 1 aliphatic heterocycles. The van der Waals surface area contributed by atoms with Gasteiger partial charge in [0.25, 0.3) is 21.8 Å². The van der Waals surface area contributed by atoms with Gasteiger partial charge in [0.2, 0.25) is 6.10 Å². The summed E-state index contributed by atoms with van der Waals surface area (Å²) in [6.45, 7) is 1.83. The van der Waals surface area contributed by atoms with Crippen LogP contribution in [0.4, 0.5) is 11.4 Å². The second-order valence-corrected chi connectivity index (χ2v) is 12.4. The number of amides is 2. The third-order valence-electron chi connectivity index (χ3n) is 6.27. The lowest BCUT2D eigenvalue weighted by molar-refractivity contribution is -0.123. The number of rotatable bonds is 7. The molecule has 5 rings (SSSR count). The van der Waals surface area contributed by atoms with E-state index in [-0.39, 0.29) is 48.3 Å². The van der Waals surface area contributed by atoms with Gasteiger partial charge >= 0.3 is 5.97 Å². The fraction of sp³-hybridized carbons (Fsp3) is 0.0667. The summed E-state index contributed by atoms with van der Waals surface area (Å²) in [7, 11) is -3.95. The highest BCUT2D eigenvalue weighted by molar-refractivity contribution is 7.92. The van der Waals surface area contributed by atoms with Crippen LogP contribution >= 0.6 is 34.8 Å². The number of anilines is 2. The number of aryl methyl sites for hydroxylation is 1. The van der Waals surface area contributed by atoms with Crippen molar-refractivity contribution in [2.75, 3.05) is 9.73 Å². The number of hydrogen-bond acceptors (Lipinski definition) is 7. The van der Waals surface area contributed by atoms with Crippen molar-refractivity contribution in [3.8, 4) is 0 Å². The summed E-state index contributed by atoms with van der Waals surface area (Å²) >= 11 is 18.6. The molecule has 10 nitrogen and oxygen atoms in total. The van der Waals surface area contributed by atoms with Gasteiger partial charge in [-0.25, -0.2) is 13.2 Å². The molecule has 4 aromatic carbocycles. The Balaban J connectivity index is 1.43. The number of esters is 1. The van der Waals surface area contributed by atoms with Crippen LogP contribution in [0.3, 0.4) is 0 Å². The van der Waals surface area contributed by atoms with Crippen LogP contribution in [0.2, 0.25) is 15.1 Å². The number of ether oxygens (including phenoxy) is 1. The van der Waals surface area contributed by atoms with E-state index < -0.39 is 33.9 Å². The summed E-state index contributed by atoms with van der Waals surface area (Å²) in [5, 5.41) is 7.65. The van der Waals surface area contributed by atoms with Crippen molar-refractivity contribution >= 4 is 79.8 Å². The monoisotopic (exact) mass is 670 g/mol. The number of amidine groups is 1. The summed E-state index contributed by atoms with van der Waals surface area (Å²) in [5.41, 5.74) is 1.12. The molecule has 4 aromatic rings. The zero-order valence-electron chi connectivity index (χ0n) is 22.6. The first-order chi connectivity index (χ1) is 20.9. The summed E-state index contributed by atoms with van der Waals surface area (Å²) in [4.78, 5) is 39.8. The lowest BCUT2D eigenvalue weighted by Crippen LogP contribution is -2.43. The molecule has 0 aromatic heterocycles. The molecule has 0 saturated carbocycles. The number of sulfonamides is 1. The molecule has 2 amide bonds. The number of carbonyl (C=O) groups excluding carboxylic acids is 3. The van der Waals surface area contributed by atoms with Crippen molar-refractivity contribution in [3.63, 3.8) is 0 Å². The first kappa shape index (κ1) is 31.0. The standard InChI is InChI=1S/C30H21Cl3N4O6S/c1-17-10-12-22(13-11-17)44(41,42)36-21-9-5-8-19(14-21)28(38)34-27-26(43-30(40)18-6-3-2-4-7-18)29(39)37(35-27)25-23(32)15-20(31)16-24(25)33/h2-16,26,36H,1H3,(H,34,35,38). The molecule has 0 radical (unpaired) electrons. The van der Waals surface area contributed by atoms with E-state index in [0.717, 1.165) is 10.6 Å². The van der Waals surface area contributed by atoms with Crippen LogP contribution in [0.5, 0.6) is 0 Å². The van der Waals surface area contributed by atoms with Gasteiger partial charge in [0.05, 0.1) is 20.5 Å². The topological polar surface area (TPSA) is 134 Å². The number of carbonyl (C=O) groups is 3.